The van der Waals surface area contributed by atoms with Gasteiger partial charge in [0.1, 0.15) is 5.75 Å². The van der Waals surface area contributed by atoms with Crippen molar-refractivity contribution >= 4 is 22.4 Å². The van der Waals surface area contributed by atoms with Crippen molar-refractivity contribution < 1.29 is 9.53 Å². The number of H-pyrrole nitrogens is 1. The maximum atomic E-state index is 12.9. The summed E-state index contributed by atoms with van der Waals surface area (Å²) >= 11 is 0. The van der Waals surface area contributed by atoms with E-state index in [4.69, 9.17) is 4.74 Å². The van der Waals surface area contributed by atoms with Gasteiger partial charge in [0.2, 0.25) is 0 Å². The number of Topliss-reactive ketones (excluding diaryl/α,β-unsaturated/α-hetero) is 1. The number of para-hydroxylation sites is 2. The van der Waals surface area contributed by atoms with Crippen LogP contribution in [0.15, 0.2) is 48.7 Å². The second-order valence-electron chi connectivity index (χ2n) is 7.11. The number of aromatic nitrogens is 1. The molecule has 2 heterocycles. The van der Waals surface area contributed by atoms with Crippen molar-refractivity contribution in [2.24, 2.45) is 0 Å². The molecule has 3 aromatic rings. The molecule has 0 atom stereocenters. The van der Waals surface area contributed by atoms with Crippen LogP contribution in [-0.2, 0) is 0 Å². The van der Waals surface area contributed by atoms with Gasteiger partial charge in [-0.05, 0) is 31.2 Å². The fraction of sp³-hybridized carbons (Fsp3) is 0.318. The topological polar surface area (TPSA) is 48.6 Å². The van der Waals surface area contributed by atoms with Crippen LogP contribution in [0.5, 0.6) is 5.75 Å². The minimum absolute atomic E-state index is 0.178. The molecule has 2 aromatic carbocycles. The summed E-state index contributed by atoms with van der Waals surface area (Å²) < 4.78 is 5.48. The van der Waals surface area contributed by atoms with Crippen molar-refractivity contribution in [1.29, 1.82) is 0 Å². The lowest BCUT2D eigenvalue weighted by Crippen LogP contribution is -2.48. The molecule has 140 valence electrons. The lowest BCUT2D eigenvalue weighted by molar-refractivity contribution is 0.0928. The van der Waals surface area contributed by atoms with E-state index in [2.05, 4.69) is 39.9 Å². The Hall–Kier alpha value is -2.79. The highest BCUT2D eigenvalue weighted by Gasteiger charge is 2.22. The molecule has 1 N–H and O–H groups in total. The first-order chi connectivity index (χ1) is 13.2. The largest absolute Gasteiger partial charge is 0.495 e. The molecule has 5 nitrogen and oxygen atoms in total. The zero-order valence-electron chi connectivity index (χ0n) is 15.9. The van der Waals surface area contributed by atoms with Crippen molar-refractivity contribution in [3.05, 3.63) is 59.8 Å². The van der Waals surface area contributed by atoms with E-state index in [1.54, 1.807) is 7.11 Å². The minimum Gasteiger partial charge on any atom is -0.495 e. The Morgan fingerprint density at radius 2 is 1.89 bits per heavy atom. The number of hydrogen-bond donors (Lipinski definition) is 1. The quantitative estimate of drug-likeness (QED) is 0.705. The van der Waals surface area contributed by atoms with E-state index in [0.717, 1.165) is 54.1 Å². The van der Waals surface area contributed by atoms with E-state index in [-0.39, 0.29) is 5.78 Å². The zero-order chi connectivity index (χ0) is 18.8. The van der Waals surface area contributed by atoms with Gasteiger partial charge in [0, 0.05) is 48.8 Å². The number of nitrogens with one attached hydrogen (secondary N) is 1. The predicted molar refractivity (Wildman–Crippen MR) is 109 cm³/mol. The summed E-state index contributed by atoms with van der Waals surface area (Å²) in [4.78, 5) is 20.6. The first-order valence-electron chi connectivity index (χ1n) is 9.37. The van der Waals surface area contributed by atoms with Crippen LogP contribution in [0.4, 0.5) is 5.69 Å². The Morgan fingerprint density at radius 3 is 2.67 bits per heavy atom. The van der Waals surface area contributed by atoms with Gasteiger partial charge >= 0.3 is 0 Å². The molecular weight excluding hydrogens is 338 g/mol. The maximum Gasteiger partial charge on any atom is 0.178 e. The van der Waals surface area contributed by atoms with Crippen molar-refractivity contribution in [3.63, 3.8) is 0 Å². The SMILES string of the molecule is COc1ccccc1N1CCN(CC(=O)c2c[nH]c3ccc(C)cc23)CC1. The zero-order valence-corrected chi connectivity index (χ0v) is 15.9. The number of ketones is 1. The molecule has 0 aliphatic carbocycles. The van der Waals surface area contributed by atoms with Crippen molar-refractivity contribution in [3.8, 4) is 5.75 Å². The number of anilines is 1. The number of piperazine rings is 1. The lowest BCUT2D eigenvalue weighted by atomic mass is 10.1. The van der Waals surface area contributed by atoms with Crippen LogP contribution in [0.25, 0.3) is 10.9 Å². The number of ether oxygens (including phenoxy) is 1. The van der Waals surface area contributed by atoms with Crippen LogP contribution in [0.2, 0.25) is 0 Å². The first kappa shape index (κ1) is 17.6. The number of aryl methyl sites for hydroxylation is 1. The Morgan fingerprint density at radius 1 is 1.11 bits per heavy atom. The molecular formula is C22H25N3O2. The van der Waals surface area contributed by atoms with E-state index < -0.39 is 0 Å². The van der Waals surface area contributed by atoms with Gasteiger partial charge in [0.15, 0.2) is 5.78 Å². The maximum absolute atomic E-state index is 12.9. The Balaban J connectivity index is 1.41. The Bertz CT molecular complexity index is 955. The van der Waals surface area contributed by atoms with Crippen LogP contribution >= 0.6 is 0 Å². The van der Waals surface area contributed by atoms with E-state index in [9.17, 15) is 4.79 Å². The summed E-state index contributed by atoms with van der Waals surface area (Å²) in [5, 5.41) is 1.02. The number of carbonyl (C=O) groups is 1. The van der Waals surface area contributed by atoms with Gasteiger partial charge in [-0.2, -0.15) is 0 Å². The average molecular weight is 363 g/mol. The number of nitrogens with zero attached hydrogens (tertiary/aromatic N) is 2. The van der Waals surface area contributed by atoms with Gasteiger partial charge in [-0.25, -0.2) is 0 Å². The highest BCUT2D eigenvalue weighted by Crippen LogP contribution is 2.28. The molecule has 5 heteroatoms. The van der Waals surface area contributed by atoms with Gasteiger partial charge in [-0.3, -0.25) is 9.69 Å². The van der Waals surface area contributed by atoms with Gasteiger partial charge in [0.25, 0.3) is 0 Å². The number of benzene rings is 2. The summed E-state index contributed by atoms with van der Waals surface area (Å²) in [5.74, 6) is 1.08. The smallest absolute Gasteiger partial charge is 0.178 e. The number of carbonyl (C=O) groups excluding carboxylic acids is 1. The monoisotopic (exact) mass is 363 g/mol. The average Bonchev–Trinajstić information content (AvgIpc) is 3.11. The van der Waals surface area contributed by atoms with E-state index in [1.165, 1.54) is 5.56 Å². The number of hydrogen-bond acceptors (Lipinski definition) is 4. The number of methoxy groups -OCH3 is 1. The van der Waals surface area contributed by atoms with Crippen LogP contribution in [-0.4, -0.2) is 55.5 Å². The molecule has 1 aliphatic rings. The fourth-order valence-corrected chi connectivity index (χ4v) is 3.79. The molecule has 4 rings (SSSR count). The third kappa shape index (κ3) is 3.55. The molecule has 0 radical (unpaired) electrons. The summed E-state index contributed by atoms with van der Waals surface area (Å²) in [6.07, 6.45) is 1.84. The predicted octanol–water partition coefficient (Wildman–Crippen LogP) is 3.49. The molecule has 1 aliphatic heterocycles. The molecule has 0 bridgehead atoms. The van der Waals surface area contributed by atoms with Crippen molar-refractivity contribution in [2.45, 2.75) is 6.92 Å². The number of rotatable bonds is 5. The van der Waals surface area contributed by atoms with E-state index in [1.807, 2.05) is 30.5 Å². The van der Waals surface area contributed by atoms with E-state index in [0.29, 0.717) is 6.54 Å². The van der Waals surface area contributed by atoms with Crippen molar-refractivity contribution in [2.75, 3.05) is 44.7 Å². The van der Waals surface area contributed by atoms with Gasteiger partial charge < -0.3 is 14.6 Å². The molecule has 27 heavy (non-hydrogen) atoms. The summed E-state index contributed by atoms with van der Waals surface area (Å²) in [6.45, 7) is 6.02. The van der Waals surface area contributed by atoms with Gasteiger partial charge in [-0.1, -0.05) is 23.8 Å². The Kier molecular flexibility index (Phi) is 4.86. The standard InChI is InChI=1S/C22H25N3O2/c1-16-7-8-19-17(13-16)18(14-23-19)21(26)15-24-9-11-25(12-10-24)20-5-3-4-6-22(20)27-2/h3-8,13-14,23H,9-12,15H2,1-2H3. The van der Waals surface area contributed by atoms with Crippen LogP contribution < -0.4 is 9.64 Å². The molecule has 1 fully saturated rings. The fourth-order valence-electron chi connectivity index (χ4n) is 3.79. The summed E-state index contributed by atoms with van der Waals surface area (Å²) in [6, 6.07) is 14.3. The molecule has 1 aromatic heterocycles. The third-order valence-electron chi connectivity index (χ3n) is 5.30. The van der Waals surface area contributed by atoms with Crippen molar-refractivity contribution in [1.82, 2.24) is 9.88 Å². The third-order valence-corrected chi connectivity index (χ3v) is 5.30. The Labute approximate surface area is 159 Å². The summed E-state index contributed by atoms with van der Waals surface area (Å²) in [5.41, 5.74) is 4.10. The highest BCUT2D eigenvalue weighted by molar-refractivity contribution is 6.08. The second kappa shape index (κ2) is 7.45. The molecule has 0 saturated carbocycles. The lowest BCUT2D eigenvalue weighted by Gasteiger charge is -2.36. The molecule has 0 amide bonds. The van der Waals surface area contributed by atoms with Crippen LogP contribution in [0.3, 0.4) is 0 Å². The normalized spacial score (nSPS) is 15.3. The van der Waals surface area contributed by atoms with Crippen LogP contribution in [0, 0.1) is 6.92 Å². The first-order valence-corrected chi connectivity index (χ1v) is 9.37. The molecule has 0 unspecified atom stereocenters. The van der Waals surface area contributed by atoms with Crippen LogP contribution in [0.1, 0.15) is 15.9 Å². The number of fused-ring (bicyclic) bond motifs is 1. The molecule has 0 spiro atoms. The molecule has 1 saturated heterocycles. The minimum atomic E-state index is 0.178. The van der Waals surface area contributed by atoms with Gasteiger partial charge in [0.05, 0.1) is 19.3 Å². The van der Waals surface area contributed by atoms with E-state index >= 15 is 0 Å². The second-order valence-corrected chi connectivity index (χ2v) is 7.11. The number of aromatic amines is 1. The summed E-state index contributed by atoms with van der Waals surface area (Å²) in [7, 11) is 1.71. The van der Waals surface area contributed by atoms with Gasteiger partial charge in [-0.15, -0.1) is 0 Å². The highest BCUT2D eigenvalue weighted by atomic mass is 16.5.